The van der Waals surface area contributed by atoms with E-state index in [9.17, 15) is 14.4 Å². The van der Waals surface area contributed by atoms with Crippen molar-refractivity contribution in [1.82, 2.24) is 9.80 Å². The molecule has 1 aromatic carbocycles. The van der Waals surface area contributed by atoms with Gasteiger partial charge in [0.25, 0.3) is 5.79 Å². The SMILES string of the molecule is CC(C)(C)OC(=O)N1CCN(CCSc2ccccc2NC=C2C(=O)OC(C)(C)OC2=O)CC1. The number of esters is 2. The molecule has 1 N–H and O–H groups in total. The van der Waals surface area contributed by atoms with Crippen molar-refractivity contribution in [3.8, 4) is 0 Å². The van der Waals surface area contributed by atoms with Crippen LogP contribution in [0.25, 0.3) is 0 Å². The molecule has 0 saturated carbocycles. The first-order chi connectivity index (χ1) is 15.9. The highest BCUT2D eigenvalue weighted by Gasteiger charge is 2.39. The maximum absolute atomic E-state index is 12.2. The average Bonchev–Trinajstić information content (AvgIpc) is 2.72. The molecule has 0 unspecified atom stereocenters. The summed E-state index contributed by atoms with van der Waals surface area (Å²) in [6, 6.07) is 7.67. The predicted molar refractivity (Wildman–Crippen MR) is 129 cm³/mol. The molecule has 2 fully saturated rings. The molecule has 1 amide bonds. The fraction of sp³-hybridized carbons (Fsp3) is 0.542. The molecule has 9 nitrogen and oxygen atoms in total. The third-order valence-electron chi connectivity index (χ3n) is 5.06. The van der Waals surface area contributed by atoms with Crippen LogP contribution in [0.2, 0.25) is 0 Å². The molecule has 2 heterocycles. The summed E-state index contributed by atoms with van der Waals surface area (Å²) < 4.78 is 15.7. The van der Waals surface area contributed by atoms with E-state index in [0.717, 1.165) is 36.0 Å². The van der Waals surface area contributed by atoms with Crippen molar-refractivity contribution < 1.29 is 28.6 Å². The molecule has 2 aliphatic rings. The summed E-state index contributed by atoms with van der Waals surface area (Å²) in [6.07, 6.45) is 1.07. The first kappa shape index (κ1) is 25.9. The number of thioether (sulfide) groups is 1. The van der Waals surface area contributed by atoms with E-state index in [0.29, 0.717) is 13.1 Å². The van der Waals surface area contributed by atoms with Crippen LogP contribution >= 0.6 is 11.8 Å². The highest BCUT2D eigenvalue weighted by Crippen LogP contribution is 2.28. The number of hydrogen-bond acceptors (Lipinski definition) is 9. The van der Waals surface area contributed by atoms with Crippen LogP contribution in [0.1, 0.15) is 34.6 Å². The summed E-state index contributed by atoms with van der Waals surface area (Å²) in [5, 5.41) is 3.04. The van der Waals surface area contributed by atoms with Crippen molar-refractivity contribution >= 4 is 35.5 Å². The van der Waals surface area contributed by atoms with Gasteiger partial charge in [-0.2, -0.15) is 0 Å². The van der Waals surface area contributed by atoms with Gasteiger partial charge >= 0.3 is 18.0 Å². The first-order valence-corrected chi connectivity index (χ1v) is 12.3. The summed E-state index contributed by atoms with van der Waals surface area (Å²) >= 11 is 1.67. The molecule has 0 spiro atoms. The molecular formula is C24H33N3O6S. The van der Waals surface area contributed by atoms with Crippen molar-refractivity contribution in [2.45, 2.75) is 50.9 Å². The van der Waals surface area contributed by atoms with Crippen LogP contribution in [0.3, 0.4) is 0 Å². The van der Waals surface area contributed by atoms with Crippen LogP contribution in [-0.2, 0) is 23.8 Å². The lowest BCUT2D eigenvalue weighted by Gasteiger charge is -2.35. The average molecular weight is 492 g/mol. The maximum atomic E-state index is 12.2. The zero-order chi connectivity index (χ0) is 24.9. The number of nitrogens with one attached hydrogen (secondary N) is 1. The van der Waals surface area contributed by atoms with Crippen molar-refractivity contribution in [3.05, 3.63) is 36.0 Å². The molecule has 2 aliphatic heterocycles. The Morgan fingerprint density at radius 2 is 1.74 bits per heavy atom. The van der Waals surface area contributed by atoms with Gasteiger partial charge in [-0.05, 0) is 32.9 Å². The molecular weight excluding hydrogens is 458 g/mol. The minimum Gasteiger partial charge on any atom is -0.444 e. The standard InChI is InChI=1S/C24H33N3O6S/c1-23(2,3)33-22(30)27-12-10-26(11-13-27)14-15-34-19-9-7-6-8-18(19)25-16-17-20(28)31-24(4,5)32-21(17)29/h6-9,16,25H,10-15H2,1-5H3. The highest BCUT2D eigenvalue weighted by molar-refractivity contribution is 7.99. The molecule has 0 atom stereocenters. The van der Waals surface area contributed by atoms with Crippen molar-refractivity contribution in [1.29, 1.82) is 0 Å². The molecule has 0 aliphatic carbocycles. The van der Waals surface area contributed by atoms with Gasteiger partial charge in [0.15, 0.2) is 5.57 Å². The van der Waals surface area contributed by atoms with Crippen LogP contribution in [0, 0.1) is 0 Å². The van der Waals surface area contributed by atoms with Gasteiger partial charge in [-0.1, -0.05) is 12.1 Å². The number of amides is 1. The Hall–Kier alpha value is -2.72. The first-order valence-electron chi connectivity index (χ1n) is 11.3. The fourth-order valence-corrected chi connectivity index (χ4v) is 4.43. The number of anilines is 1. The number of para-hydroxylation sites is 1. The topological polar surface area (TPSA) is 97.4 Å². The molecule has 2 saturated heterocycles. The van der Waals surface area contributed by atoms with Crippen molar-refractivity contribution in [2.75, 3.05) is 43.8 Å². The van der Waals surface area contributed by atoms with Gasteiger partial charge in [-0.25, -0.2) is 14.4 Å². The highest BCUT2D eigenvalue weighted by atomic mass is 32.2. The van der Waals surface area contributed by atoms with E-state index in [4.69, 9.17) is 14.2 Å². The van der Waals surface area contributed by atoms with Crippen LogP contribution in [0.5, 0.6) is 0 Å². The van der Waals surface area contributed by atoms with Gasteiger partial charge in [0, 0.05) is 63.4 Å². The summed E-state index contributed by atoms with van der Waals surface area (Å²) in [7, 11) is 0. The number of benzene rings is 1. The quantitative estimate of drug-likeness (QED) is 0.278. The Balaban J connectivity index is 1.49. The van der Waals surface area contributed by atoms with E-state index in [-0.39, 0.29) is 11.7 Å². The number of ether oxygens (including phenoxy) is 3. The number of piperazine rings is 1. The molecule has 1 aromatic rings. The molecule has 10 heteroatoms. The van der Waals surface area contributed by atoms with E-state index in [1.54, 1.807) is 16.7 Å². The predicted octanol–water partition coefficient (Wildman–Crippen LogP) is 3.46. The van der Waals surface area contributed by atoms with Crippen molar-refractivity contribution in [2.24, 2.45) is 0 Å². The molecule has 0 radical (unpaired) electrons. The van der Waals surface area contributed by atoms with Crippen molar-refractivity contribution in [3.63, 3.8) is 0 Å². The van der Waals surface area contributed by atoms with E-state index in [1.807, 2.05) is 45.0 Å². The van der Waals surface area contributed by atoms with E-state index in [1.165, 1.54) is 20.0 Å². The number of hydrogen-bond donors (Lipinski definition) is 1. The molecule has 0 bridgehead atoms. The molecule has 3 rings (SSSR count). The summed E-state index contributed by atoms with van der Waals surface area (Å²) in [6.45, 7) is 12.4. The minimum absolute atomic E-state index is 0.179. The number of rotatable bonds is 6. The lowest BCUT2D eigenvalue weighted by atomic mass is 10.2. The second-order valence-electron chi connectivity index (χ2n) is 9.53. The second kappa shape index (κ2) is 10.7. The monoisotopic (exact) mass is 491 g/mol. The third kappa shape index (κ3) is 7.39. The summed E-state index contributed by atoms with van der Waals surface area (Å²) in [5.41, 5.74) is 0.110. The van der Waals surface area contributed by atoms with Gasteiger partial charge < -0.3 is 24.4 Å². The van der Waals surface area contributed by atoms with E-state index < -0.39 is 23.3 Å². The van der Waals surface area contributed by atoms with Gasteiger partial charge in [0.05, 0.1) is 5.69 Å². The fourth-order valence-electron chi connectivity index (χ4n) is 3.41. The smallest absolute Gasteiger partial charge is 0.410 e. The van der Waals surface area contributed by atoms with Gasteiger partial charge in [0.2, 0.25) is 0 Å². The van der Waals surface area contributed by atoms with Crippen LogP contribution in [0.4, 0.5) is 10.5 Å². The normalized spacial score (nSPS) is 18.7. The maximum Gasteiger partial charge on any atom is 0.410 e. The lowest BCUT2D eigenvalue weighted by molar-refractivity contribution is -0.222. The number of nitrogens with zero attached hydrogens (tertiary/aromatic N) is 2. The molecule has 186 valence electrons. The zero-order valence-electron chi connectivity index (χ0n) is 20.4. The van der Waals surface area contributed by atoms with E-state index >= 15 is 0 Å². The lowest BCUT2D eigenvalue weighted by Crippen LogP contribution is -2.50. The van der Waals surface area contributed by atoms with Crippen LogP contribution < -0.4 is 5.32 Å². The molecule has 0 aromatic heterocycles. The van der Waals surface area contributed by atoms with Crippen LogP contribution in [0.15, 0.2) is 40.9 Å². The Bertz CT molecular complexity index is 926. The summed E-state index contributed by atoms with van der Waals surface area (Å²) in [5.74, 6) is -1.86. The second-order valence-corrected chi connectivity index (χ2v) is 10.7. The Morgan fingerprint density at radius 3 is 2.35 bits per heavy atom. The Morgan fingerprint density at radius 1 is 1.12 bits per heavy atom. The van der Waals surface area contributed by atoms with Gasteiger partial charge in [-0.3, -0.25) is 4.90 Å². The number of carbonyl (C=O) groups excluding carboxylic acids is 3. The Labute approximate surface area is 204 Å². The van der Waals surface area contributed by atoms with Crippen LogP contribution in [-0.4, -0.2) is 77.7 Å². The van der Waals surface area contributed by atoms with E-state index in [2.05, 4.69) is 10.2 Å². The minimum atomic E-state index is -1.27. The number of cyclic esters (lactones) is 2. The summed E-state index contributed by atoms with van der Waals surface area (Å²) in [4.78, 5) is 41.5. The molecule has 34 heavy (non-hydrogen) atoms. The zero-order valence-corrected chi connectivity index (χ0v) is 21.2. The van der Waals surface area contributed by atoms with Gasteiger partial charge in [0.1, 0.15) is 5.60 Å². The van der Waals surface area contributed by atoms with Gasteiger partial charge in [-0.15, -0.1) is 11.8 Å². The Kier molecular flexibility index (Phi) is 8.14. The third-order valence-corrected chi connectivity index (χ3v) is 6.12. The number of carbonyl (C=O) groups is 3. The largest absolute Gasteiger partial charge is 0.444 e.